The maximum absolute atomic E-state index is 12.4. The SMILES string of the molecule is C=CCOCC(O)CN1CCC(=O)N(CC)Cc2cc3c(cc21)OCO3. The van der Waals surface area contributed by atoms with E-state index in [-0.39, 0.29) is 19.3 Å². The molecule has 1 unspecified atom stereocenters. The van der Waals surface area contributed by atoms with E-state index in [4.69, 9.17) is 14.2 Å². The van der Waals surface area contributed by atoms with E-state index < -0.39 is 6.10 Å². The zero-order valence-electron chi connectivity index (χ0n) is 15.1. The second-order valence-electron chi connectivity index (χ2n) is 6.42. The molecule has 1 aromatic rings. The minimum Gasteiger partial charge on any atom is -0.454 e. The van der Waals surface area contributed by atoms with Crippen LogP contribution in [0.5, 0.6) is 11.5 Å². The number of nitrogens with zero attached hydrogens (tertiary/aromatic N) is 2. The van der Waals surface area contributed by atoms with Gasteiger partial charge in [-0.15, -0.1) is 6.58 Å². The maximum Gasteiger partial charge on any atom is 0.231 e. The second kappa shape index (κ2) is 8.42. The fourth-order valence-electron chi connectivity index (χ4n) is 3.27. The number of carbonyl (C=O) groups is 1. The highest BCUT2D eigenvalue weighted by atomic mass is 16.7. The monoisotopic (exact) mass is 362 g/mol. The topological polar surface area (TPSA) is 71.5 Å². The standard InChI is InChI=1S/C19H26N2O5/c1-3-7-24-12-15(22)11-21-6-5-19(23)20(4-2)10-14-8-17-18(9-16(14)21)26-13-25-17/h3,8-9,15,22H,1,4-7,10-13H2,2H3. The molecule has 3 rings (SSSR count). The average Bonchev–Trinajstić information content (AvgIpc) is 3.08. The van der Waals surface area contributed by atoms with E-state index in [1.54, 1.807) is 6.08 Å². The molecule has 1 atom stereocenters. The van der Waals surface area contributed by atoms with Crippen molar-refractivity contribution in [2.75, 3.05) is 44.5 Å². The Balaban J connectivity index is 1.85. The van der Waals surface area contributed by atoms with Gasteiger partial charge in [0.1, 0.15) is 0 Å². The van der Waals surface area contributed by atoms with Gasteiger partial charge in [-0.05, 0) is 18.6 Å². The third-order valence-electron chi connectivity index (χ3n) is 4.58. The number of fused-ring (bicyclic) bond motifs is 2. The minimum atomic E-state index is -0.662. The molecular weight excluding hydrogens is 336 g/mol. The van der Waals surface area contributed by atoms with Crippen molar-refractivity contribution in [3.8, 4) is 11.5 Å². The van der Waals surface area contributed by atoms with Crippen LogP contribution in [0.25, 0.3) is 0 Å². The Kier molecular flexibility index (Phi) is 6.00. The number of aliphatic hydroxyl groups excluding tert-OH is 1. The van der Waals surface area contributed by atoms with Gasteiger partial charge < -0.3 is 29.1 Å². The van der Waals surface area contributed by atoms with E-state index in [2.05, 4.69) is 6.58 Å². The van der Waals surface area contributed by atoms with Crippen LogP contribution in [0.3, 0.4) is 0 Å². The highest BCUT2D eigenvalue weighted by Gasteiger charge is 2.26. The van der Waals surface area contributed by atoms with Gasteiger partial charge in [0.2, 0.25) is 12.7 Å². The summed E-state index contributed by atoms with van der Waals surface area (Å²) >= 11 is 0. The van der Waals surface area contributed by atoms with Crippen molar-refractivity contribution >= 4 is 11.6 Å². The Morgan fingerprint density at radius 3 is 2.85 bits per heavy atom. The predicted octanol–water partition coefficient (Wildman–Crippen LogP) is 1.54. The highest BCUT2D eigenvalue weighted by Crippen LogP contribution is 2.39. The van der Waals surface area contributed by atoms with Gasteiger partial charge in [0, 0.05) is 44.4 Å². The van der Waals surface area contributed by atoms with E-state index in [1.807, 2.05) is 28.9 Å². The van der Waals surface area contributed by atoms with E-state index in [1.165, 1.54) is 0 Å². The summed E-state index contributed by atoms with van der Waals surface area (Å²) in [6.45, 7) is 8.47. The Labute approximate surface area is 153 Å². The first-order valence-corrected chi connectivity index (χ1v) is 8.94. The van der Waals surface area contributed by atoms with Gasteiger partial charge in [0.05, 0.1) is 19.3 Å². The molecule has 0 aliphatic carbocycles. The summed E-state index contributed by atoms with van der Waals surface area (Å²) in [5.41, 5.74) is 1.95. The number of amides is 1. The molecule has 26 heavy (non-hydrogen) atoms. The lowest BCUT2D eigenvalue weighted by atomic mass is 10.1. The number of ether oxygens (including phenoxy) is 3. The van der Waals surface area contributed by atoms with E-state index in [0.717, 1.165) is 11.3 Å². The number of benzene rings is 1. The van der Waals surface area contributed by atoms with Crippen LogP contribution >= 0.6 is 0 Å². The van der Waals surface area contributed by atoms with Crippen LogP contribution in [0.4, 0.5) is 5.69 Å². The van der Waals surface area contributed by atoms with Gasteiger partial charge in [-0.2, -0.15) is 0 Å². The lowest BCUT2D eigenvalue weighted by Gasteiger charge is -2.34. The molecule has 7 nitrogen and oxygen atoms in total. The van der Waals surface area contributed by atoms with Gasteiger partial charge in [-0.25, -0.2) is 0 Å². The third kappa shape index (κ3) is 4.11. The Morgan fingerprint density at radius 1 is 1.35 bits per heavy atom. The molecule has 1 amide bonds. The molecule has 142 valence electrons. The lowest BCUT2D eigenvalue weighted by Crippen LogP contribution is -2.41. The number of carbonyl (C=O) groups excluding carboxylic acids is 1. The summed E-state index contributed by atoms with van der Waals surface area (Å²) < 4.78 is 16.4. The van der Waals surface area contributed by atoms with Crippen molar-refractivity contribution in [2.24, 2.45) is 0 Å². The van der Waals surface area contributed by atoms with Crippen LogP contribution in [0, 0.1) is 0 Å². The van der Waals surface area contributed by atoms with Crippen LogP contribution in [0.15, 0.2) is 24.8 Å². The van der Waals surface area contributed by atoms with Gasteiger partial charge in [-0.1, -0.05) is 6.08 Å². The molecule has 0 saturated heterocycles. The van der Waals surface area contributed by atoms with Gasteiger partial charge in [0.25, 0.3) is 0 Å². The number of hydrogen-bond acceptors (Lipinski definition) is 6. The molecule has 0 aromatic heterocycles. The molecule has 0 saturated carbocycles. The number of hydrogen-bond donors (Lipinski definition) is 1. The molecule has 0 bridgehead atoms. The summed E-state index contributed by atoms with van der Waals surface area (Å²) in [6, 6.07) is 3.88. The molecule has 2 aliphatic heterocycles. The summed E-state index contributed by atoms with van der Waals surface area (Å²) in [4.78, 5) is 16.3. The molecule has 2 aliphatic rings. The van der Waals surface area contributed by atoms with Crippen molar-refractivity contribution < 1.29 is 24.1 Å². The number of rotatable bonds is 7. The van der Waals surface area contributed by atoms with Gasteiger partial charge in [-0.3, -0.25) is 4.79 Å². The van der Waals surface area contributed by atoms with Gasteiger partial charge in [0.15, 0.2) is 11.5 Å². The fraction of sp³-hybridized carbons (Fsp3) is 0.526. The average molecular weight is 362 g/mol. The van der Waals surface area contributed by atoms with Crippen molar-refractivity contribution in [3.63, 3.8) is 0 Å². The summed E-state index contributed by atoms with van der Waals surface area (Å²) in [5, 5.41) is 10.3. The van der Waals surface area contributed by atoms with Crippen molar-refractivity contribution in [1.29, 1.82) is 0 Å². The van der Waals surface area contributed by atoms with Crippen molar-refractivity contribution in [3.05, 3.63) is 30.4 Å². The summed E-state index contributed by atoms with van der Waals surface area (Å²) in [6.07, 6.45) is 1.39. The van der Waals surface area contributed by atoms with Gasteiger partial charge >= 0.3 is 0 Å². The first kappa shape index (κ1) is 18.5. The molecule has 1 N–H and O–H groups in total. The summed E-state index contributed by atoms with van der Waals surface area (Å²) in [5.74, 6) is 1.50. The number of β-amino-alcohol motifs (C(OH)–C–C–N with tert-alkyl or cyclic N) is 1. The summed E-state index contributed by atoms with van der Waals surface area (Å²) in [7, 11) is 0. The van der Waals surface area contributed by atoms with Crippen LogP contribution in [-0.4, -0.2) is 61.7 Å². The van der Waals surface area contributed by atoms with Crippen LogP contribution < -0.4 is 14.4 Å². The number of aliphatic hydroxyl groups is 1. The van der Waals surface area contributed by atoms with E-state index in [0.29, 0.717) is 50.7 Å². The lowest BCUT2D eigenvalue weighted by molar-refractivity contribution is -0.131. The normalized spacial score (nSPS) is 17.5. The van der Waals surface area contributed by atoms with E-state index in [9.17, 15) is 9.90 Å². The van der Waals surface area contributed by atoms with Crippen LogP contribution in [0.1, 0.15) is 18.9 Å². The molecule has 0 fully saturated rings. The fourth-order valence-corrected chi connectivity index (χ4v) is 3.27. The molecule has 7 heteroatoms. The zero-order valence-corrected chi connectivity index (χ0v) is 15.1. The maximum atomic E-state index is 12.4. The van der Waals surface area contributed by atoms with Crippen molar-refractivity contribution in [2.45, 2.75) is 26.0 Å². The molecule has 1 aromatic carbocycles. The second-order valence-corrected chi connectivity index (χ2v) is 6.42. The number of anilines is 1. The highest BCUT2D eigenvalue weighted by molar-refractivity contribution is 5.78. The molecular formula is C19H26N2O5. The quantitative estimate of drug-likeness (QED) is 0.586. The largest absolute Gasteiger partial charge is 0.454 e. The Bertz CT molecular complexity index is 664. The van der Waals surface area contributed by atoms with Crippen LogP contribution in [0.2, 0.25) is 0 Å². The van der Waals surface area contributed by atoms with E-state index >= 15 is 0 Å². The Morgan fingerprint density at radius 2 is 2.12 bits per heavy atom. The zero-order chi connectivity index (χ0) is 18.5. The first-order valence-electron chi connectivity index (χ1n) is 8.94. The molecule has 2 heterocycles. The smallest absolute Gasteiger partial charge is 0.231 e. The predicted molar refractivity (Wildman–Crippen MR) is 97.5 cm³/mol. The van der Waals surface area contributed by atoms with Crippen molar-refractivity contribution in [1.82, 2.24) is 4.90 Å². The third-order valence-corrected chi connectivity index (χ3v) is 4.58. The minimum absolute atomic E-state index is 0.109. The Hall–Kier alpha value is -2.25. The molecule has 0 radical (unpaired) electrons. The molecule has 0 spiro atoms. The van der Waals surface area contributed by atoms with Crippen LogP contribution in [-0.2, 0) is 16.1 Å². The first-order chi connectivity index (χ1) is 12.6.